The van der Waals surface area contributed by atoms with Crippen molar-refractivity contribution in [3.8, 4) is 0 Å². The molecule has 3 heterocycles. The van der Waals surface area contributed by atoms with Crippen molar-refractivity contribution in [2.24, 2.45) is 5.92 Å². The average molecular weight is 252 g/mol. The summed E-state index contributed by atoms with van der Waals surface area (Å²) < 4.78 is 0. The third kappa shape index (κ3) is 2.15. The van der Waals surface area contributed by atoms with Gasteiger partial charge in [0.1, 0.15) is 5.15 Å². The van der Waals surface area contributed by atoms with Gasteiger partial charge in [-0.25, -0.2) is 4.98 Å². The zero-order valence-corrected chi connectivity index (χ0v) is 10.1. The van der Waals surface area contributed by atoms with Gasteiger partial charge in [0.25, 0.3) is 0 Å². The van der Waals surface area contributed by atoms with Crippen molar-refractivity contribution in [2.45, 2.75) is 31.3 Å². The first-order valence-electron chi connectivity index (χ1n) is 5.91. The monoisotopic (exact) mass is 251 g/mol. The average Bonchev–Trinajstić information content (AvgIpc) is 2.94. The number of amides is 1. The second kappa shape index (κ2) is 4.27. The molecule has 90 valence electrons. The van der Waals surface area contributed by atoms with Crippen LogP contribution in [0.3, 0.4) is 0 Å². The van der Waals surface area contributed by atoms with Crippen molar-refractivity contribution in [1.29, 1.82) is 0 Å². The lowest BCUT2D eigenvalue weighted by Crippen LogP contribution is -2.32. The van der Waals surface area contributed by atoms with Crippen molar-refractivity contribution in [1.82, 2.24) is 10.3 Å². The number of rotatable bonds is 2. The topological polar surface area (TPSA) is 54.0 Å². The number of hydrogen-bond donors (Lipinski definition) is 2. The van der Waals surface area contributed by atoms with E-state index in [4.69, 9.17) is 11.6 Å². The first kappa shape index (κ1) is 11.0. The highest BCUT2D eigenvalue weighted by Gasteiger charge is 2.42. The summed E-state index contributed by atoms with van der Waals surface area (Å²) >= 11 is 5.69. The van der Waals surface area contributed by atoms with Crippen LogP contribution in [0.1, 0.15) is 19.3 Å². The van der Waals surface area contributed by atoms with Gasteiger partial charge in [-0.1, -0.05) is 11.6 Å². The van der Waals surface area contributed by atoms with Crippen LogP contribution in [-0.4, -0.2) is 23.0 Å². The van der Waals surface area contributed by atoms with Gasteiger partial charge >= 0.3 is 0 Å². The van der Waals surface area contributed by atoms with Crippen molar-refractivity contribution in [3.05, 3.63) is 23.5 Å². The number of anilines is 1. The fraction of sp³-hybridized carbons (Fsp3) is 0.500. The minimum Gasteiger partial charge on any atom is -0.324 e. The maximum atomic E-state index is 12.1. The number of nitrogens with one attached hydrogen (secondary N) is 2. The maximum Gasteiger partial charge on any atom is 0.229 e. The minimum atomic E-state index is 0.0915. The zero-order chi connectivity index (χ0) is 11.8. The molecule has 4 nitrogen and oxygen atoms in total. The first-order chi connectivity index (χ1) is 8.22. The highest BCUT2D eigenvalue weighted by atomic mass is 35.5. The lowest BCUT2D eigenvalue weighted by molar-refractivity contribution is -0.120. The lowest BCUT2D eigenvalue weighted by atomic mass is 9.88. The Morgan fingerprint density at radius 1 is 1.47 bits per heavy atom. The summed E-state index contributed by atoms with van der Waals surface area (Å²) in [6, 6.07) is 4.35. The summed E-state index contributed by atoms with van der Waals surface area (Å²) in [7, 11) is 0. The number of pyridine rings is 1. The van der Waals surface area contributed by atoms with Gasteiger partial charge in [0.2, 0.25) is 5.91 Å². The molecular formula is C12H14ClN3O. The van der Waals surface area contributed by atoms with Crippen molar-refractivity contribution in [3.63, 3.8) is 0 Å². The molecule has 3 rings (SSSR count). The summed E-state index contributed by atoms with van der Waals surface area (Å²) in [5.74, 6) is 0.193. The third-order valence-electron chi connectivity index (χ3n) is 3.63. The molecule has 2 aliphatic rings. The second-order valence-corrected chi connectivity index (χ2v) is 5.14. The normalized spacial score (nSPS) is 30.5. The second-order valence-electron chi connectivity index (χ2n) is 4.75. The molecule has 1 amide bonds. The van der Waals surface area contributed by atoms with Gasteiger partial charge < -0.3 is 10.6 Å². The molecule has 2 N–H and O–H groups in total. The summed E-state index contributed by atoms with van der Waals surface area (Å²) in [6.07, 6.45) is 4.86. The molecule has 2 bridgehead atoms. The molecule has 2 aliphatic heterocycles. The first-order valence-corrected chi connectivity index (χ1v) is 6.28. The van der Waals surface area contributed by atoms with Crippen LogP contribution in [0.2, 0.25) is 5.15 Å². The smallest absolute Gasteiger partial charge is 0.229 e. The highest BCUT2D eigenvalue weighted by molar-refractivity contribution is 6.29. The predicted molar refractivity (Wildman–Crippen MR) is 65.9 cm³/mol. The van der Waals surface area contributed by atoms with E-state index in [1.807, 2.05) is 0 Å². The van der Waals surface area contributed by atoms with Gasteiger partial charge in [0.15, 0.2) is 0 Å². The number of nitrogens with zero attached hydrogens (tertiary/aromatic N) is 1. The third-order valence-corrected chi connectivity index (χ3v) is 3.86. The van der Waals surface area contributed by atoms with Gasteiger partial charge in [-0.15, -0.1) is 0 Å². The van der Waals surface area contributed by atoms with E-state index in [0.717, 1.165) is 12.8 Å². The molecule has 0 aromatic carbocycles. The van der Waals surface area contributed by atoms with E-state index in [-0.39, 0.29) is 11.8 Å². The van der Waals surface area contributed by atoms with E-state index < -0.39 is 0 Å². The molecule has 3 unspecified atom stereocenters. The Balaban J connectivity index is 1.65. The number of hydrogen-bond acceptors (Lipinski definition) is 3. The number of halogens is 1. The highest BCUT2D eigenvalue weighted by Crippen LogP contribution is 2.33. The van der Waals surface area contributed by atoms with E-state index in [1.165, 1.54) is 6.42 Å². The van der Waals surface area contributed by atoms with Crippen molar-refractivity contribution >= 4 is 23.2 Å². The van der Waals surface area contributed by atoms with E-state index in [0.29, 0.717) is 22.9 Å². The number of aromatic nitrogens is 1. The summed E-state index contributed by atoms with van der Waals surface area (Å²) in [5, 5.41) is 6.79. The van der Waals surface area contributed by atoms with Crippen LogP contribution in [0.25, 0.3) is 0 Å². The van der Waals surface area contributed by atoms with Gasteiger partial charge in [-0.2, -0.15) is 0 Å². The van der Waals surface area contributed by atoms with Crippen LogP contribution in [0.15, 0.2) is 18.3 Å². The van der Waals surface area contributed by atoms with Crippen molar-refractivity contribution < 1.29 is 4.79 Å². The molecule has 5 heteroatoms. The molecule has 0 spiro atoms. The van der Waals surface area contributed by atoms with Crippen LogP contribution in [-0.2, 0) is 4.79 Å². The lowest BCUT2D eigenvalue weighted by Gasteiger charge is -2.19. The van der Waals surface area contributed by atoms with Crippen LogP contribution in [0.4, 0.5) is 5.69 Å². The van der Waals surface area contributed by atoms with Gasteiger partial charge in [-0.05, 0) is 31.4 Å². The molecule has 17 heavy (non-hydrogen) atoms. The van der Waals surface area contributed by atoms with Crippen LogP contribution in [0.5, 0.6) is 0 Å². The maximum absolute atomic E-state index is 12.1. The minimum absolute atomic E-state index is 0.0915. The molecule has 0 saturated carbocycles. The predicted octanol–water partition coefficient (Wildman–Crippen LogP) is 1.81. The van der Waals surface area contributed by atoms with Crippen LogP contribution >= 0.6 is 11.6 Å². The standard InChI is InChI=1S/C12H14ClN3O/c13-11-4-2-8(6-14-11)16-12(17)9-5-7-1-3-10(9)15-7/h2,4,6-7,9-10,15H,1,3,5H2,(H,16,17). The van der Waals surface area contributed by atoms with E-state index in [1.54, 1.807) is 18.3 Å². The quantitative estimate of drug-likeness (QED) is 0.789. The van der Waals surface area contributed by atoms with Crippen LogP contribution < -0.4 is 10.6 Å². The molecule has 0 aliphatic carbocycles. The Hall–Kier alpha value is -1.13. The Morgan fingerprint density at radius 3 is 2.94 bits per heavy atom. The van der Waals surface area contributed by atoms with E-state index in [2.05, 4.69) is 15.6 Å². The number of fused-ring (bicyclic) bond motifs is 2. The van der Waals surface area contributed by atoms with E-state index in [9.17, 15) is 4.79 Å². The Bertz CT molecular complexity index is 434. The zero-order valence-electron chi connectivity index (χ0n) is 9.32. The molecule has 1 aromatic rings. The van der Waals surface area contributed by atoms with E-state index >= 15 is 0 Å². The van der Waals surface area contributed by atoms with Crippen molar-refractivity contribution in [2.75, 3.05) is 5.32 Å². The SMILES string of the molecule is O=C(Nc1ccc(Cl)nc1)C1CC2CCC1N2. The van der Waals surface area contributed by atoms with Gasteiger partial charge in [0, 0.05) is 12.1 Å². The van der Waals surface area contributed by atoms with Crippen LogP contribution in [0, 0.1) is 5.92 Å². The Morgan fingerprint density at radius 2 is 2.35 bits per heavy atom. The molecule has 3 atom stereocenters. The summed E-state index contributed by atoms with van der Waals surface area (Å²) in [4.78, 5) is 16.0. The fourth-order valence-corrected chi connectivity index (χ4v) is 2.91. The molecule has 2 fully saturated rings. The number of carbonyl (C=O) groups excluding carboxylic acids is 1. The molecule has 1 aromatic heterocycles. The Kier molecular flexibility index (Phi) is 2.76. The largest absolute Gasteiger partial charge is 0.324 e. The molecular weight excluding hydrogens is 238 g/mol. The van der Waals surface area contributed by atoms with Gasteiger partial charge in [-0.3, -0.25) is 4.79 Å². The fourth-order valence-electron chi connectivity index (χ4n) is 2.80. The summed E-state index contributed by atoms with van der Waals surface area (Å²) in [6.45, 7) is 0. The molecule has 0 radical (unpaired) electrons. The Labute approximate surface area is 105 Å². The van der Waals surface area contributed by atoms with Gasteiger partial charge in [0.05, 0.1) is 17.8 Å². The molecule has 2 saturated heterocycles. The summed E-state index contributed by atoms with van der Waals surface area (Å²) in [5.41, 5.74) is 0.710. The number of carbonyl (C=O) groups is 1.